The molecule has 1 aromatic rings. The summed E-state index contributed by atoms with van der Waals surface area (Å²) in [5, 5.41) is 0. The van der Waals surface area contributed by atoms with Gasteiger partial charge in [0.2, 0.25) is 0 Å². The van der Waals surface area contributed by atoms with Crippen molar-refractivity contribution >= 4 is 19.6 Å². The van der Waals surface area contributed by atoms with Crippen molar-refractivity contribution in [2.45, 2.75) is 32.9 Å². The van der Waals surface area contributed by atoms with Crippen molar-refractivity contribution in [1.82, 2.24) is 9.80 Å². The molecule has 2 amide bonds. The van der Waals surface area contributed by atoms with Crippen LogP contribution in [0.2, 0.25) is 0 Å². The van der Waals surface area contributed by atoms with Crippen molar-refractivity contribution in [1.29, 1.82) is 0 Å². The maximum atomic E-state index is 13.2. The van der Waals surface area contributed by atoms with E-state index in [9.17, 15) is 23.9 Å². The first-order valence-electron chi connectivity index (χ1n) is 8.89. The van der Waals surface area contributed by atoms with E-state index in [1.54, 1.807) is 12.1 Å². The zero-order chi connectivity index (χ0) is 21.1. The smallest absolute Gasteiger partial charge is 0.344 e. The van der Waals surface area contributed by atoms with Gasteiger partial charge in [-0.2, -0.15) is 0 Å². The topological polar surface area (TPSA) is 117 Å². The highest BCUT2D eigenvalue weighted by Crippen LogP contribution is 2.36. The van der Waals surface area contributed by atoms with Crippen LogP contribution < -0.4 is 4.74 Å². The number of fused-ring (bicyclic) bond motifs is 1. The van der Waals surface area contributed by atoms with Crippen LogP contribution in [0.4, 0.5) is 4.79 Å². The number of methoxy groups -OCH3 is 2. The summed E-state index contributed by atoms with van der Waals surface area (Å²) in [4.78, 5) is 46.7. The minimum atomic E-state index is -4.47. The van der Waals surface area contributed by atoms with Gasteiger partial charge in [-0.1, -0.05) is 19.9 Å². The fourth-order valence-electron chi connectivity index (χ4n) is 3.28. The molecule has 1 aromatic carbocycles. The maximum absolute atomic E-state index is 13.2. The molecule has 2 rings (SSSR count). The Morgan fingerprint density at radius 1 is 1.29 bits per heavy atom. The number of benzene rings is 1. The molecule has 10 heteroatoms. The van der Waals surface area contributed by atoms with Gasteiger partial charge in [0.05, 0.1) is 14.2 Å². The SMILES string of the molecule is COC(=O)[C@@H]1Cc2ccc(OC)cc2CN1C(=O)N(CC(C)C)CP(=O)(O)O. The molecule has 1 atom stereocenters. The predicted octanol–water partition coefficient (Wildman–Crippen LogP) is 1.81. The molecule has 1 aliphatic rings. The van der Waals surface area contributed by atoms with Gasteiger partial charge in [-0.25, -0.2) is 9.59 Å². The number of carbonyl (C=O) groups is 2. The largest absolute Gasteiger partial charge is 0.497 e. The number of amides is 2. The molecule has 0 radical (unpaired) electrons. The van der Waals surface area contributed by atoms with Gasteiger partial charge in [-0.15, -0.1) is 0 Å². The molecule has 0 aromatic heterocycles. The Hall–Kier alpha value is -2.09. The fourth-order valence-corrected chi connectivity index (χ4v) is 3.96. The van der Waals surface area contributed by atoms with Gasteiger partial charge in [0.15, 0.2) is 0 Å². The zero-order valence-electron chi connectivity index (χ0n) is 16.5. The van der Waals surface area contributed by atoms with Crippen molar-refractivity contribution < 1.29 is 33.4 Å². The van der Waals surface area contributed by atoms with Gasteiger partial charge in [0.1, 0.15) is 18.1 Å². The van der Waals surface area contributed by atoms with E-state index in [4.69, 9.17) is 9.47 Å². The van der Waals surface area contributed by atoms with Crippen LogP contribution in [-0.4, -0.2) is 64.7 Å². The Bertz CT molecular complexity index is 777. The molecule has 0 spiro atoms. The van der Waals surface area contributed by atoms with Crippen molar-refractivity contribution in [2.75, 3.05) is 27.1 Å². The highest BCUT2D eigenvalue weighted by Gasteiger charge is 2.39. The Labute approximate surface area is 164 Å². The van der Waals surface area contributed by atoms with Gasteiger partial charge in [-0.3, -0.25) is 4.57 Å². The fraction of sp³-hybridized carbons (Fsp3) is 0.556. The Balaban J connectivity index is 2.39. The second kappa shape index (κ2) is 8.94. The van der Waals surface area contributed by atoms with Crippen LogP contribution in [-0.2, 0) is 27.1 Å². The molecule has 0 saturated carbocycles. The van der Waals surface area contributed by atoms with Gasteiger partial charge >= 0.3 is 19.6 Å². The first-order valence-corrected chi connectivity index (χ1v) is 10.7. The molecule has 1 heterocycles. The molecular formula is C18H27N2O7P. The van der Waals surface area contributed by atoms with E-state index in [0.717, 1.165) is 16.0 Å². The van der Waals surface area contributed by atoms with Gasteiger partial charge in [-0.05, 0) is 29.2 Å². The third-order valence-electron chi connectivity index (χ3n) is 4.47. The van der Waals surface area contributed by atoms with Crippen molar-refractivity contribution in [2.24, 2.45) is 5.92 Å². The van der Waals surface area contributed by atoms with Crippen LogP contribution in [0.3, 0.4) is 0 Å². The molecule has 28 heavy (non-hydrogen) atoms. The second-order valence-electron chi connectivity index (χ2n) is 7.21. The lowest BCUT2D eigenvalue weighted by atomic mass is 9.94. The molecule has 9 nitrogen and oxygen atoms in total. The molecular weight excluding hydrogens is 387 g/mol. The van der Waals surface area contributed by atoms with Crippen LogP contribution in [0.5, 0.6) is 5.75 Å². The van der Waals surface area contributed by atoms with Gasteiger partial charge in [0.25, 0.3) is 0 Å². The van der Waals surface area contributed by atoms with E-state index < -0.39 is 31.9 Å². The van der Waals surface area contributed by atoms with E-state index >= 15 is 0 Å². The summed E-state index contributed by atoms with van der Waals surface area (Å²) in [5.74, 6) is 0.0386. The first kappa shape index (κ1) is 22.2. The summed E-state index contributed by atoms with van der Waals surface area (Å²) in [7, 11) is -1.69. The Morgan fingerprint density at radius 3 is 2.50 bits per heavy atom. The van der Waals surface area contributed by atoms with Crippen LogP contribution >= 0.6 is 7.60 Å². The summed E-state index contributed by atoms with van der Waals surface area (Å²) < 4.78 is 21.6. The summed E-state index contributed by atoms with van der Waals surface area (Å²) in [5.41, 5.74) is 1.71. The normalized spacial score (nSPS) is 16.5. The van der Waals surface area contributed by atoms with E-state index in [2.05, 4.69) is 0 Å². The summed E-state index contributed by atoms with van der Waals surface area (Å²) >= 11 is 0. The Morgan fingerprint density at radius 2 is 1.96 bits per heavy atom. The van der Waals surface area contributed by atoms with Crippen LogP contribution in [0.25, 0.3) is 0 Å². The van der Waals surface area contributed by atoms with Crippen molar-refractivity contribution in [3.8, 4) is 5.75 Å². The lowest BCUT2D eigenvalue weighted by Crippen LogP contribution is -2.54. The van der Waals surface area contributed by atoms with E-state index in [1.807, 2.05) is 19.9 Å². The average molecular weight is 414 g/mol. The monoisotopic (exact) mass is 414 g/mol. The third-order valence-corrected chi connectivity index (χ3v) is 5.18. The van der Waals surface area contributed by atoms with Gasteiger partial charge < -0.3 is 29.1 Å². The standard InChI is InChI=1S/C18H27N2O7P/c1-12(2)9-19(11-28(23,24)25)18(22)20-10-14-7-15(26-3)6-5-13(14)8-16(20)17(21)27-4/h5-7,12,16H,8-11H2,1-4H3,(H2,23,24,25)/t16-/m0/s1. The van der Waals surface area contributed by atoms with Crippen LogP contribution in [0.15, 0.2) is 18.2 Å². The number of nitrogens with zero attached hydrogens (tertiary/aromatic N) is 2. The van der Waals surface area contributed by atoms with Crippen molar-refractivity contribution in [3.05, 3.63) is 29.3 Å². The molecule has 156 valence electrons. The predicted molar refractivity (Wildman–Crippen MR) is 102 cm³/mol. The van der Waals surface area contributed by atoms with E-state index in [-0.39, 0.29) is 25.4 Å². The zero-order valence-corrected chi connectivity index (χ0v) is 17.4. The number of carbonyl (C=O) groups excluding carboxylic acids is 2. The molecule has 0 aliphatic carbocycles. The first-order chi connectivity index (χ1) is 13.1. The highest BCUT2D eigenvalue weighted by atomic mass is 31.2. The molecule has 2 N–H and O–H groups in total. The summed E-state index contributed by atoms with van der Waals surface area (Å²) in [6.07, 6.45) is -0.456. The average Bonchev–Trinajstić information content (AvgIpc) is 2.63. The number of hydrogen-bond donors (Lipinski definition) is 2. The highest BCUT2D eigenvalue weighted by molar-refractivity contribution is 7.51. The number of esters is 1. The summed E-state index contributed by atoms with van der Waals surface area (Å²) in [6.45, 7) is 3.95. The summed E-state index contributed by atoms with van der Waals surface area (Å²) in [6, 6.07) is 3.93. The lowest BCUT2D eigenvalue weighted by Gasteiger charge is -2.39. The van der Waals surface area contributed by atoms with Crippen molar-refractivity contribution in [3.63, 3.8) is 0 Å². The molecule has 0 unspecified atom stereocenters. The number of ether oxygens (including phenoxy) is 2. The third kappa shape index (κ3) is 5.47. The quantitative estimate of drug-likeness (QED) is 0.539. The number of rotatable bonds is 6. The minimum Gasteiger partial charge on any atom is -0.497 e. The molecule has 0 bridgehead atoms. The van der Waals surface area contributed by atoms with E-state index in [0.29, 0.717) is 5.75 Å². The number of urea groups is 1. The lowest BCUT2D eigenvalue weighted by molar-refractivity contribution is -0.146. The number of hydrogen-bond acceptors (Lipinski definition) is 5. The van der Waals surface area contributed by atoms with Crippen LogP contribution in [0, 0.1) is 5.92 Å². The molecule has 0 saturated heterocycles. The maximum Gasteiger partial charge on any atom is 0.344 e. The van der Waals surface area contributed by atoms with Crippen LogP contribution in [0.1, 0.15) is 25.0 Å². The van der Waals surface area contributed by atoms with E-state index in [1.165, 1.54) is 19.1 Å². The molecule has 1 aliphatic heterocycles. The molecule has 0 fully saturated rings. The second-order valence-corrected chi connectivity index (χ2v) is 8.82. The minimum absolute atomic E-state index is 0.00996. The van der Waals surface area contributed by atoms with Gasteiger partial charge in [0, 0.05) is 19.5 Å². The Kier molecular flexibility index (Phi) is 7.09.